The fourth-order valence-corrected chi connectivity index (χ4v) is 5.04. The fourth-order valence-electron chi connectivity index (χ4n) is 3.34. The van der Waals surface area contributed by atoms with Gasteiger partial charge in [0.2, 0.25) is 21.8 Å². The number of nitrogens with two attached hydrogens (primary N) is 1. The Kier molecular flexibility index (Phi) is 7.40. The molecule has 1 saturated heterocycles. The van der Waals surface area contributed by atoms with Gasteiger partial charge < -0.3 is 20.3 Å². The van der Waals surface area contributed by atoms with E-state index in [1.165, 1.54) is 29.2 Å². The second kappa shape index (κ2) is 9.86. The topological polar surface area (TPSA) is 113 Å². The zero-order valence-electron chi connectivity index (χ0n) is 17.8. The molecule has 11 heteroatoms. The molecule has 1 atom stereocenters. The average molecular weight is 481 g/mol. The number of nitrogens with zero attached hydrogens (tertiary/aromatic N) is 3. The number of primary amides is 1. The molecule has 1 unspecified atom stereocenters. The van der Waals surface area contributed by atoms with E-state index in [1.54, 1.807) is 43.3 Å². The lowest BCUT2D eigenvalue weighted by atomic mass is 10.2. The van der Waals surface area contributed by atoms with Gasteiger partial charge in [-0.15, -0.1) is 0 Å². The van der Waals surface area contributed by atoms with E-state index in [-0.39, 0.29) is 37.0 Å². The molecule has 0 bridgehead atoms. The van der Waals surface area contributed by atoms with Crippen molar-refractivity contribution in [2.45, 2.75) is 10.9 Å². The number of halogens is 1. The van der Waals surface area contributed by atoms with Gasteiger partial charge in [-0.1, -0.05) is 11.6 Å². The van der Waals surface area contributed by atoms with Crippen LogP contribution in [0.15, 0.2) is 53.4 Å². The SMILES string of the molecule is CN(C)CC(=O)N1CCN(S(=O)(=O)c2ccc(Oc3ccc(Cl)cc3)cc2)C(C(N)=O)C1. The molecule has 2 N–H and O–H groups in total. The Hall–Kier alpha value is -2.66. The molecule has 172 valence electrons. The third-order valence-corrected chi connectivity index (χ3v) is 7.12. The number of amides is 2. The van der Waals surface area contributed by atoms with Crippen LogP contribution in [0.3, 0.4) is 0 Å². The Labute approximate surface area is 192 Å². The maximum absolute atomic E-state index is 13.2. The number of hydrogen-bond acceptors (Lipinski definition) is 6. The Bertz CT molecular complexity index is 1070. The summed E-state index contributed by atoms with van der Waals surface area (Å²) in [5.74, 6) is -0.00485. The Morgan fingerprint density at radius 1 is 1.06 bits per heavy atom. The van der Waals surface area contributed by atoms with Gasteiger partial charge in [0.25, 0.3) is 0 Å². The summed E-state index contributed by atoms with van der Waals surface area (Å²) in [5, 5.41) is 0.575. The molecule has 0 radical (unpaired) electrons. The fraction of sp³-hybridized carbons (Fsp3) is 0.333. The van der Waals surface area contributed by atoms with Gasteiger partial charge in [0.1, 0.15) is 17.5 Å². The number of benzene rings is 2. The van der Waals surface area contributed by atoms with Crippen LogP contribution in [-0.2, 0) is 19.6 Å². The van der Waals surface area contributed by atoms with E-state index >= 15 is 0 Å². The van der Waals surface area contributed by atoms with Crippen LogP contribution in [0, 0.1) is 0 Å². The number of sulfonamides is 1. The van der Waals surface area contributed by atoms with E-state index in [0.717, 1.165) is 4.31 Å². The first-order chi connectivity index (χ1) is 15.1. The van der Waals surface area contributed by atoms with Crippen molar-refractivity contribution >= 4 is 33.4 Å². The van der Waals surface area contributed by atoms with Crippen molar-refractivity contribution in [3.05, 3.63) is 53.6 Å². The molecule has 2 aromatic carbocycles. The first kappa shape index (κ1) is 24.0. The summed E-state index contributed by atoms with van der Waals surface area (Å²) in [6.45, 7) is 0.220. The third kappa shape index (κ3) is 5.57. The number of piperazine rings is 1. The lowest BCUT2D eigenvalue weighted by Crippen LogP contribution is -2.61. The summed E-state index contributed by atoms with van der Waals surface area (Å²) in [4.78, 5) is 27.6. The van der Waals surface area contributed by atoms with Gasteiger partial charge in [-0.2, -0.15) is 4.31 Å². The van der Waals surface area contributed by atoms with Crippen LogP contribution in [0.2, 0.25) is 5.02 Å². The van der Waals surface area contributed by atoms with Crippen molar-refractivity contribution in [3.8, 4) is 11.5 Å². The molecule has 1 fully saturated rings. The van der Waals surface area contributed by atoms with Crippen LogP contribution in [0.1, 0.15) is 0 Å². The van der Waals surface area contributed by atoms with E-state index in [0.29, 0.717) is 16.5 Å². The molecular weight excluding hydrogens is 456 g/mol. The quantitative estimate of drug-likeness (QED) is 0.640. The van der Waals surface area contributed by atoms with Crippen LogP contribution in [0.5, 0.6) is 11.5 Å². The second-order valence-electron chi connectivity index (χ2n) is 7.64. The van der Waals surface area contributed by atoms with E-state index in [1.807, 2.05) is 0 Å². The molecule has 1 heterocycles. The van der Waals surface area contributed by atoms with E-state index in [2.05, 4.69) is 0 Å². The monoisotopic (exact) mass is 480 g/mol. The van der Waals surface area contributed by atoms with E-state index < -0.39 is 22.0 Å². The highest BCUT2D eigenvalue weighted by Gasteiger charge is 2.40. The summed E-state index contributed by atoms with van der Waals surface area (Å²) >= 11 is 5.86. The standard InChI is InChI=1S/C21H25ClN4O5S/c1-24(2)14-20(27)25-11-12-26(19(13-25)21(23)28)32(29,30)18-9-7-17(8-10-18)31-16-5-3-15(22)4-6-16/h3-10,19H,11-14H2,1-2H3,(H2,23,28). The maximum Gasteiger partial charge on any atom is 0.243 e. The summed E-state index contributed by atoms with van der Waals surface area (Å²) in [5.41, 5.74) is 5.49. The van der Waals surface area contributed by atoms with E-state index in [9.17, 15) is 18.0 Å². The molecule has 0 aliphatic carbocycles. The highest BCUT2D eigenvalue weighted by atomic mass is 35.5. The largest absolute Gasteiger partial charge is 0.457 e. The Balaban J connectivity index is 1.76. The Morgan fingerprint density at radius 2 is 1.62 bits per heavy atom. The number of likely N-dealkylation sites (N-methyl/N-ethyl adjacent to an activating group) is 1. The van der Waals surface area contributed by atoms with Crippen molar-refractivity contribution in [3.63, 3.8) is 0 Å². The highest BCUT2D eigenvalue weighted by molar-refractivity contribution is 7.89. The summed E-state index contributed by atoms with van der Waals surface area (Å²) in [6, 6.07) is 11.5. The molecular formula is C21H25ClN4O5S. The molecule has 0 spiro atoms. The number of carbonyl (C=O) groups is 2. The minimum Gasteiger partial charge on any atom is -0.457 e. The molecule has 3 rings (SSSR count). The number of hydrogen-bond donors (Lipinski definition) is 1. The molecule has 9 nitrogen and oxygen atoms in total. The van der Waals surface area contributed by atoms with Crippen molar-refractivity contribution in [1.29, 1.82) is 0 Å². The van der Waals surface area contributed by atoms with Crippen molar-refractivity contribution in [2.24, 2.45) is 5.73 Å². The first-order valence-corrected chi connectivity index (χ1v) is 11.7. The number of ether oxygens (including phenoxy) is 1. The summed E-state index contributed by atoms with van der Waals surface area (Å²) in [6.07, 6.45) is 0. The predicted octanol–water partition coefficient (Wildman–Crippen LogP) is 1.38. The third-order valence-electron chi connectivity index (χ3n) is 4.94. The maximum atomic E-state index is 13.2. The number of rotatable bonds is 7. The minimum absolute atomic E-state index is 0.000254. The van der Waals surface area contributed by atoms with Gasteiger partial charge in [-0.05, 0) is 62.6 Å². The molecule has 0 aromatic heterocycles. The predicted molar refractivity (Wildman–Crippen MR) is 120 cm³/mol. The van der Waals surface area contributed by atoms with Crippen molar-refractivity contribution < 1.29 is 22.7 Å². The van der Waals surface area contributed by atoms with Gasteiger partial charge in [-0.25, -0.2) is 8.42 Å². The minimum atomic E-state index is -4.01. The van der Waals surface area contributed by atoms with Gasteiger partial charge >= 0.3 is 0 Å². The van der Waals surface area contributed by atoms with E-state index in [4.69, 9.17) is 22.1 Å². The zero-order valence-corrected chi connectivity index (χ0v) is 19.3. The lowest BCUT2D eigenvalue weighted by molar-refractivity contribution is -0.135. The molecule has 2 aromatic rings. The number of carbonyl (C=O) groups excluding carboxylic acids is 2. The average Bonchev–Trinajstić information content (AvgIpc) is 2.75. The van der Waals surface area contributed by atoms with Crippen LogP contribution in [-0.4, -0.2) is 80.7 Å². The van der Waals surface area contributed by atoms with Gasteiger partial charge in [0.15, 0.2) is 0 Å². The zero-order chi connectivity index (χ0) is 23.5. The second-order valence-corrected chi connectivity index (χ2v) is 9.97. The van der Waals surface area contributed by atoms with Crippen LogP contribution in [0.25, 0.3) is 0 Å². The first-order valence-electron chi connectivity index (χ1n) is 9.85. The van der Waals surface area contributed by atoms with Crippen LogP contribution in [0.4, 0.5) is 0 Å². The van der Waals surface area contributed by atoms with Crippen LogP contribution < -0.4 is 10.5 Å². The lowest BCUT2D eigenvalue weighted by Gasteiger charge is -2.39. The Morgan fingerprint density at radius 3 is 2.16 bits per heavy atom. The normalized spacial score (nSPS) is 17.4. The summed E-state index contributed by atoms with van der Waals surface area (Å²) in [7, 11) is -0.504. The van der Waals surface area contributed by atoms with Gasteiger partial charge in [0, 0.05) is 24.7 Å². The van der Waals surface area contributed by atoms with Crippen molar-refractivity contribution in [1.82, 2.24) is 14.1 Å². The smallest absolute Gasteiger partial charge is 0.243 e. The molecule has 32 heavy (non-hydrogen) atoms. The molecule has 2 amide bonds. The molecule has 1 aliphatic heterocycles. The molecule has 1 aliphatic rings. The molecule has 0 saturated carbocycles. The summed E-state index contributed by atoms with van der Waals surface area (Å²) < 4.78 is 33.2. The highest BCUT2D eigenvalue weighted by Crippen LogP contribution is 2.27. The van der Waals surface area contributed by atoms with Gasteiger partial charge in [-0.3, -0.25) is 9.59 Å². The van der Waals surface area contributed by atoms with Gasteiger partial charge in [0.05, 0.1) is 11.4 Å². The van der Waals surface area contributed by atoms with Crippen LogP contribution >= 0.6 is 11.6 Å². The van der Waals surface area contributed by atoms with Crippen molar-refractivity contribution in [2.75, 3.05) is 40.3 Å².